The van der Waals surface area contributed by atoms with Crippen molar-refractivity contribution >= 4 is 40.0 Å². The van der Waals surface area contributed by atoms with Crippen molar-refractivity contribution in [3.05, 3.63) is 63.7 Å². The van der Waals surface area contributed by atoms with Crippen LogP contribution < -0.4 is 10.7 Å². The number of hydrogen-bond acceptors (Lipinski definition) is 2. The van der Waals surface area contributed by atoms with E-state index in [0.717, 1.165) is 20.5 Å². The Morgan fingerprint density at radius 3 is 2.55 bits per heavy atom. The second-order valence-corrected chi connectivity index (χ2v) is 5.39. The van der Waals surface area contributed by atoms with Gasteiger partial charge in [0.05, 0.1) is 5.71 Å². The van der Waals surface area contributed by atoms with Crippen LogP contribution in [0.5, 0.6) is 0 Å². The van der Waals surface area contributed by atoms with E-state index in [1.807, 2.05) is 61.5 Å². The van der Waals surface area contributed by atoms with Gasteiger partial charge in [0.1, 0.15) is 0 Å². The number of amides is 2. The quantitative estimate of drug-likeness (QED) is 0.475. The van der Waals surface area contributed by atoms with E-state index in [0.29, 0.717) is 0 Å². The van der Waals surface area contributed by atoms with Gasteiger partial charge in [-0.25, -0.2) is 10.2 Å². The lowest BCUT2D eigenvalue weighted by Gasteiger charge is -2.05. The minimum atomic E-state index is -0.360. The standard InChI is InChI=1S/C15H14IN3O/c1-11(12-6-5-7-13(16)10-12)18-19-15(20)17-14-8-3-2-4-9-14/h2-10H,1H3,(H2,17,19,20)/b18-11-. The Bertz CT molecular complexity index is 626. The van der Waals surface area contributed by atoms with Gasteiger partial charge < -0.3 is 5.32 Å². The van der Waals surface area contributed by atoms with Gasteiger partial charge in [0, 0.05) is 9.26 Å². The van der Waals surface area contributed by atoms with Crippen LogP contribution in [0.1, 0.15) is 12.5 Å². The lowest BCUT2D eigenvalue weighted by atomic mass is 10.1. The van der Waals surface area contributed by atoms with Gasteiger partial charge in [-0.3, -0.25) is 0 Å². The lowest BCUT2D eigenvalue weighted by molar-refractivity contribution is 0.252. The maximum absolute atomic E-state index is 11.7. The smallest absolute Gasteiger partial charge is 0.307 e. The molecule has 0 bridgehead atoms. The Balaban J connectivity index is 1.97. The molecule has 0 unspecified atom stereocenters. The SMILES string of the molecule is C/C(=N/NC(=O)Nc1ccccc1)c1cccc(I)c1. The Labute approximate surface area is 131 Å². The molecule has 2 amide bonds. The summed E-state index contributed by atoms with van der Waals surface area (Å²) in [5.74, 6) is 0. The molecule has 2 rings (SSSR count). The maximum atomic E-state index is 11.7. The summed E-state index contributed by atoms with van der Waals surface area (Å²) in [6.07, 6.45) is 0. The van der Waals surface area contributed by atoms with Crippen LogP contribution in [0, 0.1) is 3.57 Å². The summed E-state index contributed by atoms with van der Waals surface area (Å²) in [6, 6.07) is 16.8. The Morgan fingerprint density at radius 2 is 1.85 bits per heavy atom. The third kappa shape index (κ3) is 4.34. The second-order valence-electron chi connectivity index (χ2n) is 4.14. The van der Waals surface area contributed by atoms with Crippen molar-refractivity contribution in [2.45, 2.75) is 6.92 Å². The van der Waals surface area contributed by atoms with Crippen LogP contribution in [0.2, 0.25) is 0 Å². The molecule has 2 N–H and O–H groups in total. The summed E-state index contributed by atoms with van der Waals surface area (Å²) in [5.41, 5.74) is 4.95. The summed E-state index contributed by atoms with van der Waals surface area (Å²) < 4.78 is 1.13. The van der Waals surface area contributed by atoms with Crippen LogP contribution in [0.4, 0.5) is 10.5 Å². The summed E-state index contributed by atoms with van der Waals surface area (Å²) in [4.78, 5) is 11.7. The summed E-state index contributed by atoms with van der Waals surface area (Å²) in [7, 11) is 0. The van der Waals surface area contributed by atoms with Gasteiger partial charge in [-0.1, -0.05) is 30.3 Å². The predicted molar refractivity (Wildman–Crippen MR) is 90.0 cm³/mol. The van der Waals surface area contributed by atoms with Crippen LogP contribution in [-0.2, 0) is 0 Å². The number of anilines is 1. The number of carbonyl (C=O) groups excluding carboxylic acids is 1. The van der Waals surface area contributed by atoms with Crippen LogP contribution in [-0.4, -0.2) is 11.7 Å². The Kier molecular flexibility index (Phi) is 5.11. The van der Waals surface area contributed by atoms with Crippen molar-refractivity contribution in [3.63, 3.8) is 0 Å². The fourth-order valence-electron chi connectivity index (χ4n) is 1.59. The van der Waals surface area contributed by atoms with E-state index in [4.69, 9.17) is 0 Å². The minimum Gasteiger partial charge on any atom is -0.307 e. The molecule has 0 aliphatic rings. The van der Waals surface area contributed by atoms with Crippen LogP contribution in [0.25, 0.3) is 0 Å². The number of hydrogen-bond donors (Lipinski definition) is 2. The number of hydrazone groups is 1. The zero-order valence-corrected chi connectivity index (χ0v) is 13.1. The molecule has 4 nitrogen and oxygen atoms in total. The highest BCUT2D eigenvalue weighted by atomic mass is 127. The van der Waals surface area contributed by atoms with Gasteiger partial charge in [0.25, 0.3) is 0 Å². The number of carbonyl (C=O) groups is 1. The number of para-hydroxylation sites is 1. The van der Waals surface area contributed by atoms with Crippen LogP contribution >= 0.6 is 22.6 Å². The van der Waals surface area contributed by atoms with Gasteiger partial charge in [-0.2, -0.15) is 5.10 Å². The van der Waals surface area contributed by atoms with Gasteiger partial charge >= 0.3 is 6.03 Å². The highest BCUT2D eigenvalue weighted by molar-refractivity contribution is 14.1. The molecular weight excluding hydrogens is 365 g/mol. The number of benzene rings is 2. The fourth-order valence-corrected chi connectivity index (χ4v) is 2.14. The average molecular weight is 379 g/mol. The number of nitrogens with zero attached hydrogens (tertiary/aromatic N) is 1. The van der Waals surface area contributed by atoms with Crippen molar-refractivity contribution in [3.8, 4) is 0 Å². The molecule has 0 saturated heterocycles. The number of nitrogens with one attached hydrogen (secondary N) is 2. The van der Waals surface area contributed by atoms with Gasteiger partial charge in [0.15, 0.2) is 0 Å². The zero-order chi connectivity index (χ0) is 14.4. The van der Waals surface area contributed by atoms with E-state index in [1.165, 1.54) is 0 Å². The van der Waals surface area contributed by atoms with Gasteiger partial charge in [-0.15, -0.1) is 0 Å². The molecule has 0 saturated carbocycles. The first kappa shape index (κ1) is 14.5. The predicted octanol–water partition coefficient (Wildman–Crippen LogP) is 3.84. The first-order valence-corrected chi connectivity index (χ1v) is 7.15. The second kappa shape index (κ2) is 7.04. The molecule has 0 aliphatic heterocycles. The molecule has 0 aromatic heterocycles. The summed E-state index contributed by atoms with van der Waals surface area (Å²) in [5, 5.41) is 6.78. The summed E-state index contributed by atoms with van der Waals surface area (Å²) in [6.45, 7) is 1.86. The Morgan fingerprint density at radius 1 is 1.10 bits per heavy atom. The summed E-state index contributed by atoms with van der Waals surface area (Å²) >= 11 is 2.24. The minimum absolute atomic E-state index is 0.360. The molecule has 0 spiro atoms. The van der Waals surface area contributed by atoms with Gasteiger partial charge in [0.2, 0.25) is 0 Å². The van der Waals surface area contributed by atoms with E-state index >= 15 is 0 Å². The topological polar surface area (TPSA) is 53.5 Å². The molecule has 20 heavy (non-hydrogen) atoms. The fraction of sp³-hybridized carbons (Fsp3) is 0.0667. The molecule has 0 radical (unpaired) electrons. The van der Waals surface area contributed by atoms with Gasteiger partial charge in [-0.05, 0) is 59.3 Å². The van der Waals surface area contributed by atoms with E-state index < -0.39 is 0 Å². The highest BCUT2D eigenvalue weighted by Gasteiger charge is 2.01. The van der Waals surface area contributed by atoms with E-state index in [9.17, 15) is 4.79 Å². The van der Waals surface area contributed by atoms with Crippen molar-refractivity contribution in [2.24, 2.45) is 5.10 Å². The average Bonchev–Trinajstić information content (AvgIpc) is 2.46. The molecule has 0 heterocycles. The van der Waals surface area contributed by atoms with Crippen LogP contribution in [0.3, 0.4) is 0 Å². The monoisotopic (exact) mass is 379 g/mol. The zero-order valence-electron chi connectivity index (χ0n) is 10.9. The number of rotatable bonds is 3. The molecule has 102 valence electrons. The molecule has 2 aromatic carbocycles. The largest absolute Gasteiger partial charge is 0.339 e. The van der Waals surface area contributed by atoms with Crippen molar-refractivity contribution < 1.29 is 4.79 Å². The van der Waals surface area contributed by atoms with E-state index in [1.54, 1.807) is 0 Å². The van der Waals surface area contributed by atoms with Crippen LogP contribution in [0.15, 0.2) is 59.7 Å². The molecular formula is C15H14IN3O. The molecule has 2 aromatic rings. The third-order valence-electron chi connectivity index (χ3n) is 2.60. The highest BCUT2D eigenvalue weighted by Crippen LogP contribution is 2.08. The third-order valence-corrected chi connectivity index (χ3v) is 3.27. The van der Waals surface area contributed by atoms with E-state index in [-0.39, 0.29) is 6.03 Å². The first-order valence-electron chi connectivity index (χ1n) is 6.07. The normalized spacial score (nSPS) is 11.0. The van der Waals surface area contributed by atoms with Crippen molar-refractivity contribution in [1.29, 1.82) is 0 Å². The maximum Gasteiger partial charge on any atom is 0.339 e. The lowest BCUT2D eigenvalue weighted by Crippen LogP contribution is -2.25. The Hall–Kier alpha value is -1.89. The number of halogens is 1. The van der Waals surface area contributed by atoms with Crippen molar-refractivity contribution in [1.82, 2.24) is 5.43 Å². The van der Waals surface area contributed by atoms with Crippen molar-refractivity contribution in [2.75, 3.05) is 5.32 Å². The molecule has 0 atom stereocenters. The molecule has 0 fully saturated rings. The molecule has 5 heteroatoms. The first-order chi connectivity index (χ1) is 9.65. The molecule has 0 aliphatic carbocycles. The van der Waals surface area contributed by atoms with E-state index in [2.05, 4.69) is 38.4 Å². The number of urea groups is 1.